The second-order valence-corrected chi connectivity index (χ2v) is 5.97. The normalized spacial score (nSPS) is 14.3. The van der Waals surface area contributed by atoms with E-state index in [0.29, 0.717) is 5.88 Å². The third-order valence-electron chi connectivity index (χ3n) is 3.68. The maximum atomic E-state index is 5.89. The minimum atomic E-state index is 0.545. The van der Waals surface area contributed by atoms with Gasteiger partial charge in [-0.3, -0.25) is 0 Å². The summed E-state index contributed by atoms with van der Waals surface area (Å²) < 4.78 is 1.10. The molecule has 2 aromatic carbocycles. The Hall–Kier alpha value is -0.990. The van der Waals surface area contributed by atoms with Crippen LogP contribution in [0.25, 0.3) is 0 Å². The van der Waals surface area contributed by atoms with E-state index in [1.165, 1.54) is 16.8 Å². The van der Waals surface area contributed by atoms with E-state index in [4.69, 9.17) is 11.6 Å². The van der Waals surface area contributed by atoms with E-state index in [0.717, 1.165) is 29.5 Å². The highest BCUT2D eigenvalue weighted by Gasteiger charge is 2.16. The van der Waals surface area contributed by atoms with Gasteiger partial charge in [-0.25, -0.2) is 0 Å². The third-order valence-corrected chi connectivity index (χ3v) is 4.70. The summed E-state index contributed by atoms with van der Waals surface area (Å²) in [6.45, 7) is 2.06. The van der Waals surface area contributed by atoms with Crippen molar-refractivity contribution in [3.8, 4) is 0 Å². The Morgan fingerprint density at radius 3 is 2.63 bits per heavy atom. The Balaban J connectivity index is 1.87. The monoisotopic (exact) mass is 335 g/mol. The fourth-order valence-electron chi connectivity index (χ4n) is 2.56. The van der Waals surface area contributed by atoms with Crippen LogP contribution in [-0.2, 0) is 18.8 Å². The molecule has 3 rings (SSSR count). The number of hydrogen-bond donors (Lipinski definition) is 0. The van der Waals surface area contributed by atoms with E-state index < -0.39 is 0 Å². The summed E-state index contributed by atoms with van der Waals surface area (Å²) in [5.41, 5.74) is 5.32. The van der Waals surface area contributed by atoms with Crippen LogP contribution in [0.2, 0.25) is 0 Å². The van der Waals surface area contributed by atoms with Crippen LogP contribution in [-0.4, -0.2) is 6.54 Å². The molecule has 2 aromatic rings. The van der Waals surface area contributed by atoms with Gasteiger partial charge in [-0.15, -0.1) is 11.6 Å². The molecule has 0 saturated carbocycles. The topological polar surface area (TPSA) is 3.24 Å². The van der Waals surface area contributed by atoms with Crippen LogP contribution in [0.1, 0.15) is 16.7 Å². The first-order chi connectivity index (χ1) is 9.28. The van der Waals surface area contributed by atoms with Crippen LogP contribution in [0, 0.1) is 0 Å². The molecular formula is C16H15BrClN. The van der Waals surface area contributed by atoms with Crippen LogP contribution >= 0.6 is 27.5 Å². The fourth-order valence-corrected chi connectivity index (χ4v) is 3.46. The molecule has 1 aliphatic rings. The predicted octanol–water partition coefficient (Wildman–Crippen LogP) is 4.75. The minimum Gasteiger partial charge on any atom is -0.367 e. The first-order valence-corrected chi connectivity index (χ1v) is 7.77. The number of rotatable bonds is 2. The van der Waals surface area contributed by atoms with Crippen LogP contribution in [0.3, 0.4) is 0 Å². The number of benzene rings is 2. The summed E-state index contributed by atoms with van der Waals surface area (Å²) in [7, 11) is 0. The van der Waals surface area contributed by atoms with Crippen molar-refractivity contribution in [3.63, 3.8) is 0 Å². The molecule has 0 atom stereocenters. The molecular weight excluding hydrogens is 322 g/mol. The van der Waals surface area contributed by atoms with E-state index in [1.54, 1.807) is 0 Å². The van der Waals surface area contributed by atoms with Gasteiger partial charge in [0.25, 0.3) is 0 Å². The van der Waals surface area contributed by atoms with Gasteiger partial charge >= 0.3 is 0 Å². The van der Waals surface area contributed by atoms with E-state index in [-0.39, 0.29) is 0 Å². The van der Waals surface area contributed by atoms with Gasteiger partial charge in [0.05, 0.1) is 0 Å². The molecule has 3 heteroatoms. The second-order valence-electron chi connectivity index (χ2n) is 4.85. The van der Waals surface area contributed by atoms with Crippen molar-refractivity contribution in [2.45, 2.75) is 18.8 Å². The lowest BCUT2D eigenvalue weighted by molar-refractivity contribution is 0.731. The summed E-state index contributed by atoms with van der Waals surface area (Å²) in [5.74, 6) is 0.545. The number of alkyl halides is 1. The summed E-state index contributed by atoms with van der Waals surface area (Å²) in [4.78, 5) is 2.42. The molecule has 0 aromatic heterocycles. The number of nitrogens with zero attached hydrogens (tertiary/aromatic N) is 1. The Bertz CT molecular complexity index is 597. The highest BCUT2D eigenvalue weighted by atomic mass is 79.9. The van der Waals surface area contributed by atoms with E-state index >= 15 is 0 Å². The van der Waals surface area contributed by atoms with Gasteiger partial charge in [-0.05, 0) is 35.2 Å². The molecule has 0 bridgehead atoms. The zero-order chi connectivity index (χ0) is 13.2. The number of halogens is 2. The highest BCUT2D eigenvalue weighted by Crippen LogP contribution is 2.29. The minimum absolute atomic E-state index is 0.545. The van der Waals surface area contributed by atoms with E-state index in [1.807, 2.05) is 0 Å². The van der Waals surface area contributed by atoms with Crippen LogP contribution in [0.5, 0.6) is 0 Å². The van der Waals surface area contributed by atoms with Gasteiger partial charge in [0, 0.05) is 29.1 Å². The molecule has 0 aliphatic carbocycles. The summed E-state index contributed by atoms with van der Waals surface area (Å²) >= 11 is 9.49. The number of hydrogen-bond acceptors (Lipinski definition) is 1. The maximum absolute atomic E-state index is 5.89. The molecule has 0 unspecified atom stereocenters. The van der Waals surface area contributed by atoms with Crippen LogP contribution < -0.4 is 4.90 Å². The molecule has 0 fully saturated rings. The zero-order valence-electron chi connectivity index (χ0n) is 10.6. The zero-order valence-corrected chi connectivity index (χ0v) is 12.9. The van der Waals surface area contributed by atoms with Crippen molar-refractivity contribution in [2.75, 3.05) is 11.4 Å². The van der Waals surface area contributed by atoms with Gasteiger partial charge in [-0.2, -0.15) is 0 Å². The van der Waals surface area contributed by atoms with Crippen LogP contribution in [0.4, 0.5) is 5.69 Å². The molecule has 1 heterocycles. The van der Waals surface area contributed by atoms with Crippen molar-refractivity contribution in [2.24, 2.45) is 0 Å². The highest BCUT2D eigenvalue weighted by molar-refractivity contribution is 9.10. The Morgan fingerprint density at radius 1 is 1.11 bits per heavy atom. The van der Waals surface area contributed by atoms with Gasteiger partial charge < -0.3 is 4.90 Å². The lowest BCUT2D eigenvalue weighted by Gasteiger charge is -2.31. The molecule has 1 nitrogen and oxygen atoms in total. The lowest BCUT2D eigenvalue weighted by atomic mass is 9.99. The lowest BCUT2D eigenvalue weighted by Crippen LogP contribution is -2.30. The van der Waals surface area contributed by atoms with Gasteiger partial charge in [0.1, 0.15) is 0 Å². The maximum Gasteiger partial charge on any atom is 0.0485 e. The van der Waals surface area contributed by atoms with E-state index in [2.05, 4.69) is 63.3 Å². The third kappa shape index (κ3) is 2.65. The standard InChI is InChI=1S/C16H15BrClN/c17-16-9-15(6-5-13(16)10-18)19-8-7-12-3-1-2-4-14(12)11-19/h1-6,9H,7-8,10-11H2. The average Bonchev–Trinajstić information content (AvgIpc) is 2.46. The Morgan fingerprint density at radius 2 is 1.89 bits per heavy atom. The van der Waals surface area contributed by atoms with Gasteiger partial charge in [0.15, 0.2) is 0 Å². The largest absolute Gasteiger partial charge is 0.367 e. The van der Waals surface area contributed by atoms with Gasteiger partial charge in [0.2, 0.25) is 0 Å². The van der Waals surface area contributed by atoms with Crippen molar-refractivity contribution in [1.29, 1.82) is 0 Å². The van der Waals surface area contributed by atoms with Crippen molar-refractivity contribution in [3.05, 3.63) is 63.6 Å². The second kappa shape index (κ2) is 5.56. The Labute approximate surface area is 127 Å². The molecule has 0 spiro atoms. The first-order valence-electron chi connectivity index (χ1n) is 6.44. The molecule has 98 valence electrons. The van der Waals surface area contributed by atoms with Crippen molar-refractivity contribution in [1.82, 2.24) is 0 Å². The van der Waals surface area contributed by atoms with Crippen molar-refractivity contribution >= 4 is 33.2 Å². The van der Waals surface area contributed by atoms with Gasteiger partial charge in [-0.1, -0.05) is 46.3 Å². The predicted molar refractivity (Wildman–Crippen MR) is 84.9 cm³/mol. The number of anilines is 1. The molecule has 19 heavy (non-hydrogen) atoms. The Kier molecular flexibility index (Phi) is 3.81. The molecule has 1 aliphatic heterocycles. The van der Waals surface area contributed by atoms with Crippen LogP contribution in [0.15, 0.2) is 46.9 Å². The van der Waals surface area contributed by atoms with Crippen molar-refractivity contribution < 1.29 is 0 Å². The quantitative estimate of drug-likeness (QED) is 0.715. The first kappa shape index (κ1) is 13.0. The molecule has 0 N–H and O–H groups in total. The molecule has 0 saturated heterocycles. The molecule has 0 amide bonds. The summed E-state index contributed by atoms with van der Waals surface area (Å²) in [6, 6.07) is 15.1. The SMILES string of the molecule is ClCc1ccc(N2CCc3ccccc3C2)cc1Br. The average molecular weight is 337 g/mol. The fraction of sp³-hybridized carbons (Fsp3) is 0.250. The number of fused-ring (bicyclic) bond motifs is 1. The summed E-state index contributed by atoms with van der Waals surface area (Å²) in [6.07, 6.45) is 1.12. The summed E-state index contributed by atoms with van der Waals surface area (Å²) in [5, 5.41) is 0. The van der Waals surface area contributed by atoms with E-state index in [9.17, 15) is 0 Å². The molecule has 0 radical (unpaired) electrons. The smallest absolute Gasteiger partial charge is 0.0485 e.